The molecule has 3 saturated heterocycles. The third-order valence-electron chi connectivity index (χ3n) is 5.26. The second kappa shape index (κ2) is 5.89. The van der Waals surface area contributed by atoms with Crippen LogP contribution in [-0.4, -0.2) is 61.7 Å². The van der Waals surface area contributed by atoms with Crippen molar-refractivity contribution in [3.8, 4) is 0 Å². The molecular formula is C15H29N3. The molecule has 104 valence electrons. The van der Waals surface area contributed by atoms with E-state index in [4.69, 9.17) is 0 Å². The molecule has 0 aromatic rings. The maximum absolute atomic E-state index is 3.55. The van der Waals surface area contributed by atoms with Crippen molar-refractivity contribution in [3.63, 3.8) is 0 Å². The molecule has 0 spiro atoms. The molecule has 0 aromatic heterocycles. The minimum absolute atomic E-state index is 0.887. The summed E-state index contributed by atoms with van der Waals surface area (Å²) < 4.78 is 0. The summed E-state index contributed by atoms with van der Waals surface area (Å²) in [5.74, 6) is 1.92. The normalized spacial score (nSPS) is 38.8. The molecule has 0 radical (unpaired) electrons. The van der Waals surface area contributed by atoms with Crippen molar-refractivity contribution in [2.24, 2.45) is 11.8 Å². The predicted molar refractivity (Wildman–Crippen MR) is 75.8 cm³/mol. The molecule has 0 bridgehead atoms. The van der Waals surface area contributed by atoms with Crippen LogP contribution in [0.3, 0.4) is 0 Å². The maximum atomic E-state index is 3.55. The Bertz CT molecular complexity index is 256. The number of rotatable bonds is 3. The van der Waals surface area contributed by atoms with Gasteiger partial charge in [0.05, 0.1) is 0 Å². The molecule has 3 rings (SSSR count). The Hall–Kier alpha value is -0.120. The van der Waals surface area contributed by atoms with Crippen molar-refractivity contribution in [3.05, 3.63) is 0 Å². The van der Waals surface area contributed by atoms with Gasteiger partial charge in [-0.2, -0.15) is 0 Å². The molecular weight excluding hydrogens is 222 g/mol. The lowest BCUT2D eigenvalue weighted by molar-refractivity contribution is 0.202. The van der Waals surface area contributed by atoms with Crippen molar-refractivity contribution < 1.29 is 0 Å². The first-order valence-electron chi connectivity index (χ1n) is 8.04. The van der Waals surface area contributed by atoms with E-state index in [-0.39, 0.29) is 0 Å². The Kier molecular flexibility index (Phi) is 4.22. The topological polar surface area (TPSA) is 18.5 Å². The van der Waals surface area contributed by atoms with Crippen molar-refractivity contribution >= 4 is 0 Å². The van der Waals surface area contributed by atoms with Gasteiger partial charge in [-0.1, -0.05) is 6.92 Å². The van der Waals surface area contributed by atoms with Crippen LogP contribution in [0.2, 0.25) is 0 Å². The Labute approximate surface area is 112 Å². The zero-order valence-electron chi connectivity index (χ0n) is 11.9. The third kappa shape index (κ3) is 2.73. The summed E-state index contributed by atoms with van der Waals surface area (Å²) in [5, 5.41) is 3.55. The molecule has 3 heteroatoms. The van der Waals surface area contributed by atoms with Gasteiger partial charge < -0.3 is 10.2 Å². The number of likely N-dealkylation sites (tertiary alicyclic amines) is 2. The average Bonchev–Trinajstić information content (AvgIpc) is 2.86. The van der Waals surface area contributed by atoms with E-state index in [1.807, 2.05) is 0 Å². The summed E-state index contributed by atoms with van der Waals surface area (Å²) in [6.07, 6.45) is 5.57. The minimum atomic E-state index is 0.887. The highest BCUT2D eigenvalue weighted by Crippen LogP contribution is 2.30. The molecule has 0 aliphatic carbocycles. The SMILES string of the molecule is CCCN1CCCC(N2CC3CNCC3C2)CC1. The lowest BCUT2D eigenvalue weighted by Crippen LogP contribution is -2.36. The average molecular weight is 251 g/mol. The van der Waals surface area contributed by atoms with Gasteiger partial charge in [-0.05, 0) is 70.2 Å². The largest absolute Gasteiger partial charge is 0.316 e. The van der Waals surface area contributed by atoms with Crippen LogP contribution in [0.1, 0.15) is 32.6 Å². The fourth-order valence-corrected chi connectivity index (χ4v) is 4.23. The van der Waals surface area contributed by atoms with Gasteiger partial charge in [-0.25, -0.2) is 0 Å². The summed E-state index contributed by atoms with van der Waals surface area (Å²) in [6.45, 7) is 11.6. The molecule has 3 nitrogen and oxygen atoms in total. The second-order valence-electron chi connectivity index (χ2n) is 6.56. The molecule has 3 atom stereocenters. The quantitative estimate of drug-likeness (QED) is 0.818. The van der Waals surface area contributed by atoms with E-state index in [1.54, 1.807) is 0 Å². The number of nitrogens with zero attached hydrogens (tertiary/aromatic N) is 2. The van der Waals surface area contributed by atoms with Crippen LogP contribution in [0.25, 0.3) is 0 Å². The fourth-order valence-electron chi connectivity index (χ4n) is 4.23. The van der Waals surface area contributed by atoms with Crippen molar-refractivity contribution in [2.45, 2.75) is 38.6 Å². The molecule has 3 fully saturated rings. The first-order valence-corrected chi connectivity index (χ1v) is 8.04. The molecule has 3 aliphatic heterocycles. The van der Waals surface area contributed by atoms with E-state index in [9.17, 15) is 0 Å². The van der Waals surface area contributed by atoms with Gasteiger partial charge in [0.2, 0.25) is 0 Å². The number of hydrogen-bond donors (Lipinski definition) is 1. The van der Waals surface area contributed by atoms with Crippen LogP contribution in [0.15, 0.2) is 0 Å². The van der Waals surface area contributed by atoms with Gasteiger partial charge in [0.25, 0.3) is 0 Å². The highest BCUT2D eigenvalue weighted by Gasteiger charge is 2.38. The molecule has 1 N–H and O–H groups in total. The zero-order chi connectivity index (χ0) is 12.4. The first kappa shape index (κ1) is 12.9. The minimum Gasteiger partial charge on any atom is -0.316 e. The predicted octanol–water partition coefficient (Wildman–Crippen LogP) is 1.40. The lowest BCUT2D eigenvalue weighted by Gasteiger charge is -2.27. The molecule has 0 saturated carbocycles. The van der Waals surface area contributed by atoms with Crippen LogP contribution in [0.4, 0.5) is 0 Å². The zero-order valence-corrected chi connectivity index (χ0v) is 11.9. The van der Waals surface area contributed by atoms with Crippen LogP contribution in [0, 0.1) is 11.8 Å². The second-order valence-corrected chi connectivity index (χ2v) is 6.56. The number of fused-ring (bicyclic) bond motifs is 1. The van der Waals surface area contributed by atoms with E-state index in [0.717, 1.165) is 17.9 Å². The highest BCUT2D eigenvalue weighted by atomic mass is 15.2. The van der Waals surface area contributed by atoms with Crippen LogP contribution < -0.4 is 5.32 Å². The van der Waals surface area contributed by atoms with Gasteiger partial charge in [0, 0.05) is 19.1 Å². The standard InChI is InChI=1S/C15H29N3/c1-2-6-17-7-3-4-15(5-8-17)18-11-13-9-16-10-14(13)12-18/h13-16H,2-12H2,1H3. The van der Waals surface area contributed by atoms with E-state index in [1.165, 1.54) is 71.5 Å². The molecule has 3 unspecified atom stereocenters. The van der Waals surface area contributed by atoms with E-state index in [0.29, 0.717) is 0 Å². The Balaban J connectivity index is 1.51. The lowest BCUT2D eigenvalue weighted by atomic mass is 10.0. The Morgan fingerprint density at radius 2 is 1.83 bits per heavy atom. The first-order chi connectivity index (χ1) is 8.86. The van der Waals surface area contributed by atoms with E-state index >= 15 is 0 Å². The van der Waals surface area contributed by atoms with Gasteiger partial charge in [-0.15, -0.1) is 0 Å². The molecule has 0 amide bonds. The van der Waals surface area contributed by atoms with Gasteiger partial charge in [0.1, 0.15) is 0 Å². The molecule has 3 heterocycles. The van der Waals surface area contributed by atoms with Crippen molar-refractivity contribution in [2.75, 3.05) is 45.8 Å². The van der Waals surface area contributed by atoms with Gasteiger partial charge >= 0.3 is 0 Å². The van der Waals surface area contributed by atoms with E-state index in [2.05, 4.69) is 22.0 Å². The van der Waals surface area contributed by atoms with Crippen molar-refractivity contribution in [1.29, 1.82) is 0 Å². The number of hydrogen-bond acceptors (Lipinski definition) is 3. The summed E-state index contributed by atoms with van der Waals surface area (Å²) in [5.41, 5.74) is 0. The maximum Gasteiger partial charge on any atom is 0.0108 e. The smallest absolute Gasteiger partial charge is 0.0108 e. The summed E-state index contributed by atoms with van der Waals surface area (Å²) >= 11 is 0. The van der Waals surface area contributed by atoms with Gasteiger partial charge in [-0.3, -0.25) is 4.90 Å². The monoisotopic (exact) mass is 251 g/mol. The molecule has 0 aromatic carbocycles. The van der Waals surface area contributed by atoms with E-state index < -0.39 is 0 Å². The number of nitrogens with one attached hydrogen (secondary N) is 1. The van der Waals surface area contributed by atoms with Crippen LogP contribution in [-0.2, 0) is 0 Å². The fraction of sp³-hybridized carbons (Fsp3) is 1.00. The van der Waals surface area contributed by atoms with Gasteiger partial charge in [0.15, 0.2) is 0 Å². The third-order valence-corrected chi connectivity index (χ3v) is 5.26. The Morgan fingerprint density at radius 1 is 1.06 bits per heavy atom. The summed E-state index contributed by atoms with van der Waals surface area (Å²) in [7, 11) is 0. The van der Waals surface area contributed by atoms with Crippen molar-refractivity contribution in [1.82, 2.24) is 15.1 Å². The highest BCUT2D eigenvalue weighted by molar-refractivity contribution is 4.94. The van der Waals surface area contributed by atoms with Crippen LogP contribution in [0.5, 0.6) is 0 Å². The molecule has 3 aliphatic rings. The Morgan fingerprint density at radius 3 is 2.56 bits per heavy atom. The summed E-state index contributed by atoms with van der Waals surface area (Å²) in [6, 6.07) is 0.887. The molecule has 18 heavy (non-hydrogen) atoms. The van der Waals surface area contributed by atoms with Crippen LogP contribution >= 0.6 is 0 Å². The summed E-state index contributed by atoms with van der Waals surface area (Å²) in [4.78, 5) is 5.50.